The third kappa shape index (κ3) is 4.92. The number of thioether (sulfide) groups is 1. The molecule has 0 bridgehead atoms. The number of hydrogen-bond acceptors (Lipinski definition) is 3. The molecule has 1 N–H and O–H groups in total. The molecule has 1 nitrogen and oxygen atoms in total. The maximum Gasteiger partial charge on any atom is 0.0206 e. The molecule has 0 amide bonds. The minimum Gasteiger partial charge on any atom is -0.316 e. The van der Waals surface area contributed by atoms with Gasteiger partial charge in [-0.25, -0.2) is 0 Å². The number of nitrogens with one attached hydrogen (secondary N) is 1. The van der Waals surface area contributed by atoms with E-state index in [9.17, 15) is 0 Å². The number of likely N-dealkylation sites (N-methyl/N-ethyl adjacent to an activating group) is 1. The average Bonchev–Trinajstić information content (AvgIpc) is 2.93. The largest absolute Gasteiger partial charge is 0.316 e. The van der Waals surface area contributed by atoms with Crippen LogP contribution in [-0.4, -0.2) is 18.8 Å². The van der Waals surface area contributed by atoms with Crippen LogP contribution in [0.1, 0.15) is 16.7 Å². The zero-order valence-electron chi connectivity index (χ0n) is 11.9. The summed E-state index contributed by atoms with van der Waals surface area (Å²) in [5.41, 5.74) is 0. The number of hydrogen-bond donors (Lipinski definition) is 1. The Hall–Kier alpha value is -0.290. The van der Waals surface area contributed by atoms with E-state index in [0.717, 1.165) is 23.1 Å². The first-order valence-corrected chi connectivity index (χ1v) is 9.44. The molecule has 0 aliphatic rings. The van der Waals surface area contributed by atoms with Crippen molar-refractivity contribution in [2.45, 2.75) is 30.7 Å². The van der Waals surface area contributed by atoms with Crippen LogP contribution in [0.5, 0.6) is 0 Å². The second-order valence-electron chi connectivity index (χ2n) is 4.68. The van der Waals surface area contributed by atoms with Gasteiger partial charge in [0.2, 0.25) is 0 Å². The molecule has 0 spiro atoms. The molecule has 1 aromatic heterocycles. The first-order chi connectivity index (χ1) is 9.71. The fraction of sp³-hybridized carbons (Fsp3) is 0.375. The molecule has 0 radical (unpaired) electrons. The van der Waals surface area contributed by atoms with Crippen molar-refractivity contribution in [1.29, 1.82) is 0 Å². The lowest BCUT2D eigenvalue weighted by atomic mass is 10.2. The molecule has 0 aliphatic carbocycles. The molecule has 0 saturated carbocycles. The van der Waals surface area contributed by atoms with Gasteiger partial charge in [-0.3, -0.25) is 0 Å². The zero-order chi connectivity index (χ0) is 14.4. The Morgan fingerprint density at radius 2 is 1.85 bits per heavy atom. The highest BCUT2D eigenvalue weighted by Gasteiger charge is 2.10. The Labute approximate surface area is 138 Å². The summed E-state index contributed by atoms with van der Waals surface area (Å²) in [5.74, 6) is 1.09. The Bertz CT molecular complexity index is 522. The van der Waals surface area contributed by atoms with E-state index in [1.54, 1.807) is 0 Å². The van der Waals surface area contributed by atoms with E-state index in [2.05, 4.69) is 71.6 Å². The smallest absolute Gasteiger partial charge is 0.0206 e. The molecule has 4 heteroatoms. The summed E-state index contributed by atoms with van der Waals surface area (Å²) in [4.78, 5) is 4.29. The lowest BCUT2D eigenvalue weighted by Gasteiger charge is -2.14. The second-order valence-corrected chi connectivity index (χ2v) is 7.94. The molecule has 108 valence electrons. The van der Waals surface area contributed by atoms with Gasteiger partial charge in [0, 0.05) is 30.9 Å². The van der Waals surface area contributed by atoms with Crippen molar-refractivity contribution in [3.63, 3.8) is 0 Å². The van der Waals surface area contributed by atoms with E-state index in [4.69, 9.17) is 0 Å². The van der Waals surface area contributed by atoms with E-state index < -0.39 is 0 Å². The number of aryl methyl sites for hydroxylation is 1. The maximum absolute atomic E-state index is 3.47. The highest BCUT2D eigenvalue weighted by Crippen LogP contribution is 2.23. The standard InChI is InChI=1S/C16H20BrNS2/c1-3-14-8-9-16(20-14)10-13(18-2)11-19-15-6-4-12(17)5-7-15/h4-9,13,18H,3,10-11H2,1-2H3. The van der Waals surface area contributed by atoms with Crippen molar-refractivity contribution in [2.75, 3.05) is 12.8 Å². The van der Waals surface area contributed by atoms with Crippen molar-refractivity contribution < 1.29 is 0 Å². The minimum absolute atomic E-state index is 0.520. The molecule has 0 fully saturated rings. The number of thiophene rings is 1. The van der Waals surface area contributed by atoms with Gasteiger partial charge in [-0.1, -0.05) is 22.9 Å². The minimum atomic E-state index is 0.520. The predicted octanol–water partition coefficient (Wildman–Crippen LogP) is 5.00. The summed E-state index contributed by atoms with van der Waals surface area (Å²) in [7, 11) is 2.06. The third-order valence-corrected chi connectivity index (χ3v) is 6.14. The topological polar surface area (TPSA) is 12.0 Å². The summed E-state index contributed by atoms with van der Waals surface area (Å²) in [5, 5.41) is 3.44. The summed E-state index contributed by atoms with van der Waals surface area (Å²) < 4.78 is 1.14. The van der Waals surface area contributed by atoms with Crippen molar-refractivity contribution in [1.82, 2.24) is 5.32 Å². The molecule has 1 unspecified atom stereocenters. The van der Waals surface area contributed by atoms with Gasteiger partial charge < -0.3 is 5.32 Å². The Balaban J connectivity index is 1.87. The van der Waals surface area contributed by atoms with E-state index >= 15 is 0 Å². The normalized spacial score (nSPS) is 12.6. The van der Waals surface area contributed by atoms with E-state index in [0.29, 0.717) is 6.04 Å². The highest BCUT2D eigenvalue weighted by atomic mass is 79.9. The molecule has 2 rings (SSSR count). The van der Waals surface area contributed by atoms with Gasteiger partial charge in [0.1, 0.15) is 0 Å². The van der Waals surface area contributed by atoms with Crippen LogP contribution in [-0.2, 0) is 12.8 Å². The Kier molecular flexibility index (Phi) is 6.62. The van der Waals surface area contributed by atoms with Crippen LogP contribution < -0.4 is 5.32 Å². The van der Waals surface area contributed by atoms with Crippen molar-refractivity contribution >= 4 is 39.0 Å². The number of rotatable bonds is 7. The average molecular weight is 370 g/mol. The summed E-state index contributed by atoms with van der Waals surface area (Å²) in [6, 6.07) is 13.6. The summed E-state index contributed by atoms with van der Waals surface area (Å²) in [6.45, 7) is 2.22. The summed E-state index contributed by atoms with van der Waals surface area (Å²) >= 11 is 7.33. The van der Waals surface area contributed by atoms with Crippen LogP contribution in [0, 0.1) is 0 Å². The van der Waals surface area contributed by atoms with Crippen LogP contribution >= 0.6 is 39.0 Å². The van der Waals surface area contributed by atoms with E-state index in [1.807, 2.05) is 23.1 Å². The molecular formula is C16H20BrNS2. The molecule has 1 heterocycles. The third-order valence-electron chi connectivity index (χ3n) is 3.19. The first-order valence-electron chi connectivity index (χ1n) is 6.84. The lowest BCUT2D eigenvalue weighted by molar-refractivity contribution is 0.622. The highest BCUT2D eigenvalue weighted by molar-refractivity contribution is 9.10. The van der Waals surface area contributed by atoms with Crippen molar-refractivity contribution in [3.8, 4) is 0 Å². The monoisotopic (exact) mass is 369 g/mol. The molecule has 20 heavy (non-hydrogen) atoms. The van der Waals surface area contributed by atoms with Crippen LogP contribution in [0.4, 0.5) is 0 Å². The Morgan fingerprint density at radius 1 is 1.15 bits per heavy atom. The quantitative estimate of drug-likeness (QED) is 0.689. The van der Waals surface area contributed by atoms with Gasteiger partial charge in [-0.05, 0) is 56.3 Å². The second kappa shape index (κ2) is 8.23. The van der Waals surface area contributed by atoms with Gasteiger partial charge >= 0.3 is 0 Å². The molecular weight excluding hydrogens is 350 g/mol. The van der Waals surface area contributed by atoms with Gasteiger partial charge in [0.05, 0.1) is 0 Å². The van der Waals surface area contributed by atoms with Crippen LogP contribution in [0.15, 0.2) is 45.8 Å². The van der Waals surface area contributed by atoms with Crippen molar-refractivity contribution in [3.05, 3.63) is 50.6 Å². The fourth-order valence-electron chi connectivity index (χ4n) is 1.94. The SMILES string of the molecule is CCc1ccc(CC(CSc2ccc(Br)cc2)NC)s1. The van der Waals surface area contributed by atoms with E-state index in [1.165, 1.54) is 14.6 Å². The van der Waals surface area contributed by atoms with Gasteiger partial charge in [0.25, 0.3) is 0 Å². The maximum atomic E-state index is 3.47. The van der Waals surface area contributed by atoms with Crippen molar-refractivity contribution in [2.24, 2.45) is 0 Å². The fourth-order valence-corrected chi connectivity index (χ4v) is 4.25. The van der Waals surface area contributed by atoms with E-state index in [-0.39, 0.29) is 0 Å². The molecule has 2 aromatic rings. The van der Waals surface area contributed by atoms with Crippen LogP contribution in [0.2, 0.25) is 0 Å². The van der Waals surface area contributed by atoms with Gasteiger partial charge in [0.15, 0.2) is 0 Å². The first kappa shape index (κ1) is 16.1. The lowest BCUT2D eigenvalue weighted by Crippen LogP contribution is -2.29. The molecule has 0 saturated heterocycles. The van der Waals surface area contributed by atoms with Gasteiger partial charge in [-0.15, -0.1) is 23.1 Å². The Morgan fingerprint density at radius 3 is 2.45 bits per heavy atom. The number of halogens is 1. The van der Waals surface area contributed by atoms with Crippen LogP contribution in [0.25, 0.3) is 0 Å². The van der Waals surface area contributed by atoms with Gasteiger partial charge in [-0.2, -0.15) is 0 Å². The zero-order valence-corrected chi connectivity index (χ0v) is 15.1. The summed E-state index contributed by atoms with van der Waals surface area (Å²) in [6.07, 6.45) is 2.26. The molecule has 0 aliphatic heterocycles. The predicted molar refractivity (Wildman–Crippen MR) is 95.1 cm³/mol. The number of benzene rings is 1. The molecule has 1 aromatic carbocycles. The molecule has 1 atom stereocenters. The van der Waals surface area contributed by atoms with Crippen LogP contribution in [0.3, 0.4) is 0 Å².